The highest BCUT2D eigenvalue weighted by Crippen LogP contribution is 2.41. The first-order valence-electron chi connectivity index (χ1n) is 6.45. The highest BCUT2D eigenvalue weighted by Gasteiger charge is 2.50. The molecule has 2 rings (SSSR count). The molecular weight excluding hydrogens is 230 g/mol. The predicted octanol–water partition coefficient (Wildman–Crippen LogP) is 2.18. The summed E-state index contributed by atoms with van der Waals surface area (Å²) in [5, 5.41) is 0. The molecule has 0 radical (unpaired) electrons. The van der Waals surface area contributed by atoms with Gasteiger partial charge in [0.1, 0.15) is 11.7 Å². The number of terminal acetylenes is 1. The van der Waals surface area contributed by atoms with E-state index >= 15 is 0 Å². The number of carbonyl (C=O) groups excluding carboxylic acids is 1. The second kappa shape index (κ2) is 4.47. The van der Waals surface area contributed by atoms with Gasteiger partial charge in [-0.15, -0.1) is 6.42 Å². The predicted molar refractivity (Wildman–Crippen MR) is 68.1 cm³/mol. The smallest absolute Gasteiger partial charge is 0.410 e. The average molecular weight is 251 g/mol. The van der Waals surface area contributed by atoms with Crippen LogP contribution in [0.3, 0.4) is 0 Å². The van der Waals surface area contributed by atoms with Crippen LogP contribution in [-0.4, -0.2) is 41.4 Å². The fraction of sp³-hybridized carbons (Fsp3) is 0.786. The Balaban J connectivity index is 2.11. The van der Waals surface area contributed by atoms with Crippen LogP contribution in [0.5, 0.6) is 0 Å². The Labute approximate surface area is 109 Å². The molecule has 4 heteroatoms. The van der Waals surface area contributed by atoms with Crippen LogP contribution in [0.1, 0.15) is 40.0 Å². The summed E-state index contributed by atoms with van der Waals surface area (Å²) in [6.45, 7) is 6.58. The highest BCUT2D eigenvalue weighted by atomic mass is 16.6. The van der Waals surface area contributed by atoms with E-state index in [2.05, 4.69) is 5.92 Å². The van der Waals surface area contributed by atoms with Gasteiger partial charge in [-0.05, 0) is 40.0 Å². The van der Waals surface area contributed by atoms with E-state index in [0.29, 0.717) is 13.2 Å². The summed E-state index contributed by atoms with van der Waals surface area (Å²) in [4.78, 5) is 14.1. The fourth-order valence-corrected chi connectivity index (χ4v) is 2.43. The number of amides is 1. The van der Waals surface area contributed by atoms with Gasteiger partial charge in [0.25, 0.3) is 0 Å². The Morgan fingerprint density at radius 1 is 1.50 bits per heavy atom. The molecule has 0 bridgehead atoms. The molecule has 1 saturated carbocycles. The Kier molecular flexibility index (Phi) is 3.29. The second-order valence-corrected chi connectivity index (χ2v) is 6.14. The monoisotopic (exact) mass is 251 g/mol. The molecule has 0 aromatic rings. The zero-order valence-electron chi connectivity index (χ0n) is 11.4. The minimum atomic E-state index is -0.480. The molecule has 0 aromatic carbocycles. The van der Waals surface area contributed by atoms with Crippen LogP contribution in [0.25, 0.3) is 0 Å². The molecule has 4 nitrogen and oxygen atoms in total. The topological polar surface area (TPSA) is 38.8 Å². The van der Waals surface area contributed by atoms with E-state index in [1.165, 1.54) is 0 Å². The van der Waals surface area contributed by atoms with Gasteiger partial charge < -0.3 is 9.47 Å². The molecule has 2 fully saturated rings. The standard InChI is InChI=1S/C14H21NO3/c1-5-11-9-15(12(16)18-13(2,3)4)14(10-17-11)7-6-8-14/h1,11H,6-10H2,2-4H3. The number of carbonyl (C=O) groups is 1. The van der Waals surface area contributed by atoms with Gasteiger partial charge in [0.05, 0.1) is 18.7 Å². The Bertz CT molecular complexity index is 373. The molecule has 1 saturated heterocycles. The van der Waals surface area contributed by atoms with Crippen LogP contribution in [0, 0.1) is 12.3 Å². The molecule has 1 amide bonds. The molecule has 1 atom stereocenters. The van der Waals surface area contributed by atoms with E-state index in [1.54, 1.807) is 4.90 Å². The maximum atomic E-state index is 12.3. The van der Waals surface area contributed by atoms with Crippen molar-refractivity contribution in [1.29, 1.82) is 0 Å². The third kappa shape index (κ3) is 2.46. The summed E-state index contributed by atoms with van der Waals surface area (Å²) >= 11 is 0. The highest BCUT2D eigenvalue weighted by molar-refractivity contribution is 5.70. The number of ether oxygens (including phenoxy) is 2. The van der Waals surface area contributed by atoms with E-state index in [9.17, 15) is 4.79 Å². The van der Waals surface area contributed by atoms with Gasteiger partial charge in [0.15, 0.2) is 0 Å². The lowest BCUT2D eigenvalue weighted by molar-refractivity contribution is -0.122. The Hall–Kier alpha value is -1.21. The van der Waals surface area contributed by atoms with E-state index in [1.807, 2.05) is 20.8 Å². The van der Waals surface area contributed by atoms with Crippen LogP contribution in [0.15, 0.2) is 0 Å². The van der Waals surface area contributed by atoms with Crippen molar-refractivity contribution in [3.63, 3.8) is 0 Å². The molecule has 1 aliphatic heterocycles. The van der Waals surface area contributed by atoms with Gasteiger partial charge in [-0.3, -0.25) is 4.90 Å². The summed E-state index contributed by atoms with van der Waals surface area (Å²) in [6, 6.07) is 0. The number of nitrogens with zero attached hydrogens (tertiary/aromatic N) is 1. The van der Waals surface area contributed by atoms with Crippen molar-refractivity contribution >= 4 is 6.09 Å². The lowest BCUT2D eigenvalue weighted by atomic mass is 9.75. The molecule has 18 heavy (non-hydrogen) atoms. The molecular formula is C14H21NO3. The van der Waals surface area contributed by atoms with Crippen molar-refractivity contribution in [3.8, 4) is 12.3 Å². The molecule has 1 spiro atoms. The van der Waals surface area contributed by atoms with E-state index in [4.69, 9.17) is 15.9 Å². The van der Waals surface area contributed by atoms with E-state index in [0.717, 1.165) is 19.3 Å². The van der Waals surface area contributed by atoms with Crippen LogP contribution in [0.4, 0.5) is 4.79 Å². The number of hydrogen-bond acceptors (Lipinski definition) is 3. The second-order valence-electron chi connectivity index (χ2n) is 6.14. The SMILES string of the molecule is C#CC1CN(C(=O)OC(C)(C)C)C2(CCC2)CO1. The van der Waals surface area contributed by atoms with Crippen LogP contribution >= 0.6 is 0 Å². The number of morpholine rings is 1. The van der Waals surface area contributed by atoms with Crippen molar-refractivity contribution in [2.45, 2.75) is 57.3 Å². The van der Waals surface area contributed by atoms with Gasteiger partial charge in [0, 0.05) is 0 Å². The number of rotatable bonds is 0. The largest absolute Gasteiger partial charge is 0.444 e. The molecule has 1 unspecified atom stereocenters. The first-order chi connectivity index (χ1) is 8.36. The first-order valence-corrected chi connectivity index (χ1v) is 6.45. The maximum Gasteiger partial charge on any atom is 0.410 e. The van der Waals surface area contributed by atoms with Crippen molar-refractivity contribution < 1.29 is 14.3 Å². The lowest BCUT2D eigenvalue weighted by Crippen LogP contribution is -2.65. The minimum Gasteiger partial charge on any atom is -0.444 e. The summed E-state index contributed by atoms with van der Waals surface area (Å²) < 4.78 is 11.1. The zero-order chi connectivity index (χ0) is 13.4. The van der Waals surface area contributed by atoms with Gasteiger partial charge in [-0.25, -0.2) is 4.79 Å². The third-order valence-corrected chi connectivity index (χ3v) is 3.56. The van der Waals surface area contributed by atoms with Gasteiger partial charge in [0.2, 0.25) is 0 Å². The van der Waals surface area contributed by atoms with Crippen molar-refractivity contribution in [2.24, 2.45) is 0 Å². The Morgan fingerprint density at radius 2 is 2.17 bits per heavy atom. The minimum absolute atomic E-state index is 0.171. The zero-order valence-corrected chi connectivity index (χ0v) is 11.4. The summed E-state index contributed by atoms with van der Waals surface area (Å²) in [5.41, 5.74) is -0.651. The molecule has 0 N–H and O–H groups in total. The molecule has 2 aliphatic rings. The van der Waals surface area contributed by atoms with Crippen LogP contribution in [-0.2, 0) is 9.47 Å². The summed E-state index contributed by atoms with van der Waals surface area (Å²) in [5.74, 6) is 2.57. The quantitative estimate of drug-likeness (QED) is 0.619. The number of hydrogen-bond donors (Lipinski definition) is 0. The van der Waals surface area contributed by atoms with Crippen molar-refractivity contribution in [3.05, 3.63) is 0 Å². The Morgan fingerprint density at radius 3 is 2.61 bits per heavy atom. The third-order valence-electron chi connectivity index (χ3n) is 3.56. The fourth-order valence-electron chi connectivity index (χ4n) is 2.43. The lowest BCUT2D eigenvalue weighted by Gasteiger charge is -2.53. The van der Waals surface area contributed by atoms with Gasteiger partial charge in [-0.1, -0.05) is 5.92 Å². The molecule has 0 aromatic heterocycles. The average Bonchev–Trinajstić information content (AvgIpc) is 2.23. The first kappa shape index (κ1) is 13.2. The van der Waals surface area contributed by atoms with Gasteiger partial charge >= 0.3 is 6.09 Å². The molecule has 100 valence electrons. The van der Waals surface area contributed by atoms with E-state index < -0.39 is 5.60 Å². The van der Waals surface area contributed by atoms with Crippen molar-refractivity contribution in [2.75, 3.05) is 13.2 Å². The van der Waals surface area contributed by atoms with Crippen LogP contribution < -0.4 is 0 Å². The summed E-state index contributed by atoms with van der Waals surface area (Å²) in [6.07, 6.45) is 7.88. The van der Waals surface area contributed by atoms with Gasteiger partial charge in [-0.2, -0.15) is 0 Å². The van der Waals surface area contributed by atoms with Crippen molar-refractivity contribution in [1.82, 2.24) is 4.90 Å². The van der Waals surface area contributed by atoms with E-state index in [-0.39, 0.29) is 17.7 Å². The normalized spacial score (nSPS) is 26.3. The summed E-state index contributed by atoms with van der Waals surface area (Å²) in [7, 11) is 0. The molecule has 1 heterocycles. The van der Waals surface area contributed by atoms with Crippen LogP contribution in [0.2, 0.25) is 0 Å². The maximum absolute atomic E-state index is 12.3. The molecule has 1 aliphatic carbocycles.